The monoisotopic (exact) mass is 303 g/mol. The third kappa shape index (κ3) is 3.62. The quantitative estimate of drug-likeness (QED) is 0.823. The average Bonchev–Trinajstić information content (AvgIpc) is 2.59. The Morgan fingerprint density at radius 1 is 0.955 bits per heavy atom. The minimum absolute atomic E-state index is 0.378. The zero-order valence-corrected chi connectivity index (χ0v) is 13.0. The largest absolute Gasteiger partial charge is 0.493 e. The van der Waals surface area contributed by atoms with Gasteiger partial charge in [0.2, 0.25) is 5.75 Å². The fourth-order valence-corrected chi connectivity index (χ4v) is 2.19. The number of ether oxygens (including phenoxy) is 3. The minimum Gasteiger partial charge on any atom is -0.493 e. The summed E-state index contributed by atoms with van der Waals surface area (Å²) in [6.45, 7) is 0.378. The first-order valence-corrected chi connectivity index (χ1v) is 6.96. The number of benzene rings is 2. The molecule has 0 aliphatic rings. The number of aliphatic hydroxyl groups is 1. The van der Waals surface area contributed by atoms with Gasteiger partial charge in [0, 0.05) is 24.4 Å². The van der Waals surface area contributed by atoms with Crippen LogP contribution in [0, 0.1) is 0 Å². The Morgan fingerprint density at radius 2 is 1.55 bits per heavy atom. The van der Waals surface area contributed by atoms with Crippen LogP contribution in [0.1, 0.15) is 11.7 Å². The summed E-state index contributed by atoms with van der Waals surface area (Å²) < 4.78 is 15.9. The molecule has 0 unspecified atom stereocenters. The number of hydrogen-bond acceptors (Lipinski definition) is 5. The Bertz CT molecular complexity index is 576. The van der Waals surface area contributed by atoms with Crippen molar-refractivity contribution in [1.82, 2.24) is 0 Å². The van der Waals surface area contributed by atoms with E-state index < -0.39 is 6.10 Å². The number of hydrogen-bond donors (Lipinski definition) is 2. The van der Waals surface area contributed by atoms with Crippen molar-refractivity contribution < 1.29 is 19.3 Å². The molecule has 0 heterocycles. The molecule has 0 aliphatic carbocycles. The van der Waals surface area contributed by atoms with E-state index in [2.05, 4.69) is 5.32 Å². The van der Waals surface area contributed by atoms with Crippen molar-refractivity contribution >= 4 is 5.69 Å². The van der Waals surface area contributed by atoms with Crippen LogP contribution < -0.4 is 19.5 Å². The predicted molar refractivity (Wildman–Crippen MR) is 86.0 cm³/mol. The highest BCUT2D eigenvalue weighted by molar-refractivity contribution is 5.62. The third-order valence-corrected chi connectivity index (χ3v) is 3.35. The number of anilines is 1. The molecular formula is C17H21NO4. The van der Waals surface area contributed by atoms with Gasteiger partial charge in [0.15, 0.2) is 11.5 Å². The maximum atomic E-state index is 10.2. The normalized spacial score (nSPS) is 11.6. The fraction of sp³-hybridized carbons (Fsp3) is 0.294. The molecule has 5 nitrogen and oxygen atoms in total. The van der Waals surface area contributed by atoms with Crippen molar-refractivity contribution in [2.45, 2.75) is 6.10 Å². The fourth-order valence-electron chi connectivity index (χ4n) is 2.19. The van der Waals surface area contributed by atoms with Gasteiger partial charge in [-0.05, 0) is 5.56 Å². The Morgan fingerprint density at radius 3 is 2.05 bits per heavy atom. The van der Waals surface area contributed by atoms with Crippen molar-refractivity contribution in [2.75, 3.05) is 33.2 Å². The van der Waals surface area contributed by atoms with Gasteiger partial charge < -0.3 is 24.6 Å². The Kier molecular flexibility index (Phi) is 5.49. The second-order valence-electron chi connectivity index (χ2n) is 4.72. The van der Waals surface area contributed by atoms with E-state index in [9.17, 15) is 5.11 Å². The summed E-state index contributed by atoms with van der Waals surface area (Å²) in [6.07, 6.45) is -0.597. The van der Waals surface area contributed by atoms with E-state index in [4.69, 9.17) is 14.2 Å². The second-order valence-corrected chi connectivity index (χ2v) is 4.72. The van der Waals surface area contributed by atoms with Crippen LogP contribution in [0.3, 0.4) is 0 Å². The topological polar surface area (TPSA) is 60.0 Å². The molecular weight excluding hydrogens is 282 g/mol. The maximum Gasteiger partial charge on any atom is 0.203 e. The molecule has 1 atom stereocenters. The molecule has 0 aromatic heterocycles. The number of rotatable bonds is 7. The lowest BCUT2D eigenvalue weighted by molar-refractivity contribution is 0.191. The molecule has 0 aliphatic heterocycles. The van der Waals surface area contributed by atoms with Crippen LogP contribution >= 0.6 is 0 Å². The first kappa shape index (κ1) is 16.0. The average molecular weight is 303 g/mol. The molecule has 0 spiro atoms. The van der Waals surface area contributed by atoms with Crippen LogP contribution in [0.25, 0.3) is 0 Å². The molecule has 0 radical (unpaired) electrons. The molecule has 0 amide bonds. The summed E-state index contributed by atoms with van der Waals surface area (Å²) in [5.41, 5.74) is 1.65. The molecule has 5 heteroatoms. The highest BCUT2D eigenvalue weighted by atomic mass is 16.5. The van der Waals surface area contributed by atoms with Crippen molar-refractivity contribution in [3.05, 3.63) is 48.0 Å². The summed E-state index contributed by atoms with van der Waals surface area (Å²) in [5.74, 6) is 1.68. The van der Waals surface area contributed by atoms with Gasteiger partial charge in [0.1, 0.15) is 0 Å². The maximum absolute atomic E-state index is 10.2. The van der Waals surface area contributed by atoms with Crippen LogP contribution in [-0.2, 0) is 0 Å². The Hall–Kier alpha value is -2.40. The molecule has 2 rings (SSSR count). The lowest BCUT2D eigenvalue weighted by atomic mass is 10.1. The van der Waals surface area contributed by atoms with Gasteiger partial charge in [-0.2, -0.15) is 0 Å². The van der Waals surface area contributed by atoms with Gasteiger partial charge in [-0.3, -0.25) is 0 Å². The zero-order chi connectivity index (χ0) is 15.9. The Labute approximate surface area is 130 Å². The first-order valence-electron chi connectivity index (χ1n) is 6.96. The van der Waals surface area contributed by atoms with Gasteiger partial charge in [0.25, 0.3) is 0 Å². The third-order valence-electron chi connectivity index (χ3n) is 3.35. The molecule has 0 bridgehead atoms. The Balaban J connectivity index is 2.13. The van der Waals surface area contributed by atoms with E-state index in [0.717, 1.165) is 11.3 Å². The van der Waals surface area contributed by atoms with Gasteiger partial charge in [-0.15, -0.1) is 0 Å². The number of methoxy groups -OCH3 is 3. The van der Waals surface area contributed by atoms with Crippen LogP contribution in [-0.4, -0.2) is 33.0 Å². The molecule has 2 aromatic rings. The van der Waals surface area contributed by atoms with Crippen LogP contribution in [0.15, 0.2) is 42.5 Å². The molecule has 0 saturated heterocycles. The number of nitrogens with one attached hydrogen (secondary N) is 1. The van der Waals surface area contributed by atoms with Crippen LogP contribution in [0.4, 0.5) is 5.69 Å². The second kappa shape index (κ2) is 7.56. The van der Waals surface area contributed by atoms with Crippen molar-refractivity contribution in [2.24, 2.45) is 0 Å². The highest BCUT2D eigenvalue weighted by Crippen LogP contribution is 2.40. The first-order chi connectivity index (χ1) is 10.7. The van der Waals surface area contributed by atoms with Gasteiger partial charge in [-0.1, -0.05) is 30.3 Å². The van der Waals surface area contributed by atoms with E-state index in [0.29, 0.717) is 23.8 Å². The van der Waals surface area contributed by atoms with Crippen molar-refractivity contribution in [1.29, 1.82) is 0 Å². The predicted octanol–water partition coefficient (Wildman–Crippen LogP) is 2.86. The zero-order valence-electron chi connectivity index (χ0n) is 13.0. The highest BCUT2D eigenvalue weighted by Gasteiger charge is 2.14. The molecule has 2 aromatic carbocycles. The lowest BCUT2D eigenvalue weighted by Gasteiger charge is -2.17. The SMILES string of the molecule is COc1cc(NC[C@@H](O)c2ccccc2)cc(OC)c1OC. The van der Waals surface area contributed by atoms with E-state index in [1.54, 1.807) is 33.5 Å². The molecule has 2 N–H and O–H groups in total. The van der Waals surface area contributed by atoms with E-state index in [1.807, 2.05) is 30.3 Å². The molecule has 0 saturated carbocycles. The smallest absolute Gasteiger partial charge is 0.203 e. The number of aliphatic hydroxyl groups excluding tert-OH is 1. The van der Waals surface area contributed by atoms with Crippen LogP contribution in [0.5, 0.6) is 17.2 Å². The van der Waals surface area contributed by atoms with Crippen molar-refractivity contribution in [3.8, 4) is 17.2 Å². The van der Waals surface area contributed by atoms with Crippen molar-refractivity contribution in [3.63, 3.8) is 0 Å². The summed E-state index contributed by atoms with van der Waals surface area (Å²) in [7, 11) is 4.70. The molecule has 22 heavy (non-hydrogen) atoms. The summed E-state index contributed by atoms with van der Waals surface area (Å²) in [4.78, 5) is 0. The molecule has 118 valence electrons. The van der Waals surface area contributed by atoms with E-state index in [-0.39, 0.29) is 0 Å². The van der Waals surface area contributed by atoms with E-state index >= 15 is 0 Å². The summed E-state index contributed by atoms with van der Waals surface area (Å²) >= 11 is 0. The van der Waals surface area contributed by atoms with Crippen LogP contribution in [0.2, 0.25) is 0 Å². The minimum atomic E-state index is -0.597. The standard InChI is InChI=1S/C17H21NO4/c1-20-15-9-13(10-16(21-2)17(15)22-3)18-11-14(19)12-7-5-4-6-8-12/h4-10,14,18-19H,11H2,1-3H3/t14-/m1/s1. The van der Waals surface area contributed by atoms with Gasteiger partial charge >= 0.3 is 0 Å². The van der Waals surface area contributed by atoms with E-state index in [1.165, 1.54) is 0 Å². The lowest BCUT2D eigenvalue weighted by Crippen LogP contribution is -2.12. The molecule has 0 fully saturated rings. The van der Waals surface area contributed by atoms with Gasteiger partial charge in [-0.25, -0.2) is 0 Å². The summed E-state index contributed by atoms with van der Waals surface area (Å²) in [6, 6.07) is 13.1. The summed E-state index contributed by atoms with van der Waals surface area (Å²) in [5, 5.41) is 13.4. The van der Waals surface area contributed by atoms with Gasteiger partial charge in [0.05, 0.1) is 27.4 Å².